The molecule has 0 saturated carbocycles. The molecule has 28 heavy (non-hydrogen) atoms. The van der Waals surface area contributed by atoms with Crippen molar-refractivity contribution in [3.05, 3.63) is 28.7 Å². The van der Waals surface area contributed by atoms with E-state index < -0.39 is 36.2 Å². The molecule has 1 aromatic carbocycles. The van der Waals surface area contributed by atoms with Gasteiger partial charge in [-0.05, 0) is 37.8 Å². The van der Waals surface area contributed by atoms with Crippen LogP contribution in [0.15, 0.2) is 23.1 Å². The number of carbonyl (C=O) groups excluding carboxylic acids is 3. The standard InChI is InChI=1S/C18H19NO8S/c1-10(2)27-15(22)8-19-17(23)13(28-18(19)24)7-11-5-4-6-12(25-3)16(11)26-9-14(20)21/h4-7,10H,8-9H2,1-3H3,(H,20,21)/b13-7-. The van der Waals surface area contributed by atoms with Crippen molar-refractivity contribution in [1.29, 1.82) is 0 Å². The highest BCUT2D eigenvalue weighted by molar-refractivity contribution is 8.18. The number of hydrogen-bond donors (Lipinski definition) is 1. The molecule has 0 aliphatic carbocycles. The molecule has 1 N–H and O–H groups in total. The molecule has 0 radical (unpaired) electrons. The number of imide groups is 1. The first-order chi connectivity index (χ1) is 13.2. The Kier molecular flexibility index (Phi) is 7.05. The van der Waals surface area contributed by atoms with Crippen LogP contribution in [0.5, 0.6) is 11.5 Å². The Hall–Kier alpha value is -3.01. The number of nitrogens with zero attached hydrogens (tertiary/aromatic N) is 1. The van der Waals surface area contributed by atoms with Crippen LogP contribution in [0.3, 0.4) is 0 Å². The maximum Gasteiger partial charge on any atom is 0.341 e. The second-order valence-electron chi connectivity index (χ2n) is 5.87. The molecule has 1 aliphatic heterocycles. The summed E-state index contributed by atoms with van der Waals surface area (Å²) in [5, 5.41) is 8.23. The fraction of sp³-hybridized carbons (Fsp3) is 0.333. The SMILES string of the molecule is COc1cccc(/C=C2\SC(=O)N(CC(=O)OC(C)C)C2=O)c1OCC(=O)O. The highest BCUT2D eigenvalue weighted by atomic mass is 32.2. The molecule has 2 rings (SSSR count). The lowest BCUT2D eigenvalue weighted by Gasteiger charge is -2.13. The molecular weight excluding hydrogens is 390 g/mol. The van der Waals surface area contributed by atoms with Gasteiger partial charge >= 0.3 is 11.9 Å². The molecule has 0 aromatic heterocycles. The maximum atomic E-state index is 12.5. The van der Waals surface area contributed by atoms with Gasteiger partial charge in [-0.1, -0.05) is 12.1 Å². The van der Waals surface area contributed by atoms with Crippen LogP contribution in [0.1, 0.15) is 19.4 Å². The first-order valence-corrected chi connectivity index (χ1v) is 9.01. The first kappa shape index (κ1) is 21.3. The number of methoxy groups -OCH3 is 1. The summed E-state index contributed by atoms with van der Waals surface area (Å²) in [5.74, 6) is -2.12. The van der Waals surface area contributed by atoms with Crippen LogP contribution in [0.2, 0.25) is 0 Å². The molecule has 0 unspecified atom stereocenters. The van der Waals surface area contributed by atoms with Gasteiger partial charge in [0.25, 0.3) is 11.1 Å². The molecule has 9 nitrogen and oxygen atoms in total. The summed E-state index contributed by atoms with van der Waals surface area (Å²) in [6.45, 7) is 2.23. The lowest BCUT2D eigenvalue weighted by atomic mass is 10.1. The van der Waals surface area contributed by atoms with Crippen molar-refractivity contribution in [2.24, 2.45) is 0 Å². The second kappa shape index (κ2) is 9.27. The Labute approximate surface area is 165 Å². The molecule has 0 atom stereocenters. The van der Waals surface area contributed by atoms with Crippen LogP contribution in [0, 0.1) is 0 Å². The van der Waals surface area contributed by atoms with Crippen LogP contribution < -0.4 is 9.47 Å². The number of amides is 2. The van der Waals surface area contributed by atoms with E-state index in [0.29, 0.717) is 17.3 Å². The van der Waals surface area contributed by atoms with E-state index in [1.54, 1.807) is 32.0 Å². The number of benzene rings is 1. The molecule has 10 heteroatoms. The van der Waals surface area contributed by atoms with Crippen LogP contribution in [-0.2, 0) is 19.1 Å². The fourth-order valence-corrected chi connectivity index (χ4v) is 3.13. The smallest absolute Gasteiger partial charge is 0.341 e. The number of thioether (sulfide) groups is 1. The number of aliphatic carboxylic acids is 1. The zero-order chi connectivity index (χ0) is 20.8. The lowest BCUT2D eigenvalue weighted by Crippen LogP contribution is -2.35. The van der Waals surface area contributed by atoms with E-state index in [0.717, 1.165) is 4.90 Å². The number of rotatable bonds is 8. The van der Waals surface area contributed by atoms with E-state index >= 15 is 0 Å². The molecule has 0 spiro atoms. The average Bonchev–Trinajstić information content (AvgIpc) is 2.87. The normalized spacial score (nSPS) is 15.3. The van der Waals surface area contributed by atoms with Crippen molar-refractivity contribution in [1.82, 2.24) is 4.90 Å². The lowest BCUT2D eigenvalue weighted by molar-refractivity contribution is -0.149. The highest BCUT2D eigenvalue weighted by Gasteiger charge is 2.37. The number of esters is 1. The molecule has 0 bridgehead atoms. The number of para-hydroxylation sites is 1. The molecule has 150 valence electrons. The van der Waals surface area contributed by atoms with Crippen LogP contribution in [-0.4, -0.2) is 59.5 Å². The monoisotopic (exact) mass is 409 g/mol. The van der Waals surface area contributed by atoms with Gasteiger partial charge in [0.15, 0.2) is 18.1 Å². The average molecular weight is 409 g/mol. The van der Waals surface area contributed by atoms with Gasteiger partial charge in [0.05, 0.1) is 18.1 Å². The summed E-state index contributed by atoms with van der Waals surface area (Å²) < 4.78 is 15.4. The highest BCUT2D eigenvalue weighted by Crippen LogP contribution is 2.37. The molecule has 1 fully saturated rings. The van der Waals surface area contributed by atoms with Gasteiger partial charge in [-0.15, -0.1) is 0 Å². The Morgan fingerprint density at radius 1 is 1.29 bits per heavy atom. The van der Waals surface area contributed by atoms with E-state index in [4.69, 9.17) is 19.3 Å². The predicted octanol–water partition coefficient (Wildman–Crippen LogP) is 2.15. The van der Waals surface area contributed by atoms with Crippen molar-refractivity contribution in [2.45, 2.75) is 20.0 Å². The van der Waals surface area contributed by atoms with E-state index in [2.05, 4.69) is 0 Å². The van der Waals surface area contributed by atoms with Crippen LogP contribution in [0.4, 0.5) is 4.79 Å². The van der Waals surface area contributed by atoms with Gasteiger partial charge in [0.2, 0.25) is 0 Å². The van der Waals surface area contributed by atoms with Gasteiger partial charge in [0.1, 0.15) is 6.54 Å². The Morgan fingerprint density at radius 3 is 2.61 bits per heavy atom. The minimum Gasteiger partial charge on any atom is -0.493 e. The molecule has 1 heterocycles. The zero-order valence-electron chi connectivity index (χ0n) is 15.5. The van der Waals surface area contributed by atoms with Crippen molar-refractivity contribution in [3.8, 4) is 11.5 Å². The van der Waals surface area contributed by atoms with E-state index in [9.17, 15) is 19.2 Å². The van der Waals surface area contributed by atoms with Crippen molar-refractivity contribution >= 4 is 40.9 Å². The number of ether oxygens (including phenoxy) is 3. The number of hydrogen-bond acceptors (Lipinski definition) is 8. The summed E-state index contributed by atoms with van der Waals surface area (Å²) in [5.41, 5.74) is 0.357. The summed E-state index contributed by atoms with van der Waals surface area (Å²) in [7, 11) is 1.39. The largest absolute Gasteiger partial charge is 0.493 e. The third-order valence-electron chi connectivity index (χ3n) is 3.38. The van der Waals surface area contributed by atoms with E-state index in [1.165, 1.54) is 13.2 Å². The van der Waals surface area contributed by atoms with Gasteiger partial charge in [0, 0.05) is 5.56 Å². The van der Waals surface area contributed by atoms with E-state index in [1.807, 2.05) is 0 Å². The third kappa shape index (κ3) is 5.26. The molecule has 1 aromatic rings. The third-order valence-corrected chi connectivity index (χ3v) is 4.29. The van der Waals surface area contributed by atoms with Gasteiger partial charge in [-0.25, -0.2) is 4.79 Å². The summed E-state index contributed by atoms with van der Waals surface area (Å²) >= 11 is 0.662. The molecule has 1 aliphatic rings. The van der Waals surface area contributed by atoms with Gasteiger partial charge in [-0.3, -0.25) is 19.3 Å². The molecule has 1 saturated heterocycles. The molecule has 2 amide bonds. The summed E-state index contributed by atoms with van der Waals surface area (Å²) in [6.07, 6.45) is 1.02. The molecular formula is C18H19NO8S. The Balaban J connectivity index is 2.28. The summed E-state index contributed by atoms with van der Waals surface area (Å²) in [4.78, 5) is 48.1. The van der Waals surface area contributed by atoms with Crippen molar-refractivity contribution in [2.75, 3.05) is 20.3 Å². The van der Waals surface area contributed by atoms with E-state index in [-0.39, 0.29) is 22.5 Å². The minimum atomic E-state index is -1.18. The summed E-state index contributed by atoms with van der Waals surface area (Å²) in [6, 6.07) is 4.78. The topological polar surface area (TPSA) is 119 Å². The number of carboxylic acid groups (broad SMARTS) is 1. The second-order valence-corrected chi connectivity index (χ2v) is 6.86. The Bertz CT molecular complexity index is 833. The minimum absolute atomic E-state index is 0.0655. The van der Waals surface area contributed by atoms with Gasteiger partial charge < -0.3 is 19.3 Å². The first-order valence-electron chi connectivity index (χ1n) is 8.19. The quantitative estimate of drug-likeness (QED) is 0.508. The number of carboxylic acids is 1. The van der Waals surface area contributed by atoms with Gasteiger partial charge in [-0.2, -0.15) is 0 Å². The van der Waals surface area contributed by atoms with Crippen LogP contribution in [0.25, 0.3) is 6.08 Å². The number of carbonyl (C=O) groups is 4. The van der Waals surface area contributed by atoms with Crippen molar-refractivity contribution < 1.29 is 38.5 Å². The predicted molar refractivity (Wildman–Crippen MR) is 100 cm³/mol. The fourth-order valence-electron chi connectivity index (χ4n) is 2.30. The zero-order valence-corrected chi connectivity index (χ0v) is 16.3. The maximum absolute atomic E-state index is 12.5. The van der Waals surface area contributed by atoms with Crippen molar-refractivity contribution in [3.63, 3.8) is 0 Å². The van der Waals surface area contributed by atoms with Crippen LogP contribution >= 0.6 is 11.8 Å². The Morgan fingerprint density at radius 2 is 2.00 bits per heavy atom.